The van der Waals surface area contributed by atoms with Gasteiger partial charge in [0, 0.05) is 24.7 Å². The van der Waals surface area contributed by atoms with Crippen LogP contribution < -0.4 is 4.90 Å². The Morgan fingerprint density at radius 1 is 1.50 bits per heavy atom. The van der Waals surface area contributed by atoms with Crippen LogP contribution in [0.1, 0.15) is 5.69 Å². The van der Waals surface area contributed by atoms with Crippen molar-refractivity contribution in [1.29, 1.82) is 5.26 Å². The lowest BCUT2D eigenvalue weighted by molar-refractivity contribution is 0.0765. The number of hydrogen-bond donors (Lipinski definition) is 0. The minimum absolute atomic E-state index is 0.305. The molecule has 0 spiro atoms. The number of aromatic nitrogens is 1. The topological polar surface area (TPSA) is 58.4 Å². The summed E-state index contributed by atoms with van der Waals surface area (Å²) in [6, 6.07) is 8.55. The minimum atomic E-state index is -0.476. The molecule has 1 aromatic heterocycles. The number of pyridine rings is 1. The molecule has 5 nitrogen and oxygen atoms in total. The summed E-state index contributed by atoms with van der Waals surface area (Å²) in [5.74, 6) is -0.305. The van der Waals surface area contributed by atoms with Crippen molar-refractivity contribution in [3.05, 3.63) is 35.8 Å². The molecule has 22 heavy (non-hydrogen) atoms. The second-order valence-corrected chi connectivity index (χ2v) is 5.16. The van der Waals surface area contributed by atoms with E-state index in [1.165, 1.54) is 12.1 Å². The lowest BCUT2D eigenvalue weighted by atomic mass is 10.1. The van der Waals surface area contributed by atoms with Gasteiger partial charge in [-0.25, -0.2) is 4.39 Å². The largest absolute Gasteiger partial charge is 0.378 e. The molecule has 0 saturated carbocycles. The highest BCUT2D eigenvalue weighted by molar-refractivity contribution is 5.92. The van der Waals surface area contributed by atoms with Crippen molar-refractivity contribution in [2.45, 2.75) is 12.7 Å². The van der Waals surface area contributed by atoms with Gasteiger partial charge in [0.25, 0.3) is 0 Å². The average Bonchev–Trinajstić information content (AvgIpc) is 2.55. The van der Waals surface area contributed by atoms with Crippen LogP contribution in [0.2, 0.25) is 0 Å². The number of rotatable bonds is 3. The molecule has 1 aliphatic heterocycles. The van der Waals surface area contributed by atoms with Crippen molar-refractivity contribution in [1.82, 2.24) is 4.98 Å². The van der Waals surface area contributed by atoms with Crippen LogP contribution in [0.15, 0.2) is 24.3 Å². The molecule has 0 bridgehead atoms. The first-order chi connectivity index (χ1) is 10.7. The Morgan fingerprint density at radius 2 is 2.36 bits per heavy atom. The zero-order valence-electron chi connectivity index (χ0n) is 12.3. The van der Waals surface area contributed by atoms with Crippen LogP contribution in [0.25, 0.3) is 10.9 Å². The maximum absolute atomic E-state index is 13.6. The number of methoxy groups -OCH3 is 1. The van der Waals surface area contributed by atoms with Gasteiger partial charge in [0.1, 0.15) is 5.82 Å². The van der Waals surface area contributed by atoms with Gasteiger partial charge in [-0.05, 0) is 24.3 Å². The molecule has 0 amide bonds. The van der Waals surface area contributed by atoms with E-state index in [1.807, 2.05) is 11.0 Å². The Labute approximate surface area is 127 Å². The van der Waals surface area contributed by atoms with Gasteiger partial charge >= 0.3 is 0 Å². The number of anilines is 1. The molecule has 1 fully saturated rings. The molecule has 2 heterocycles. The number of hydrogen-bond acceptors (Lipinski definition) is 5. The van der Waals surface area contributed by atoms with E-state index in [2.05, 4.69) is 11.1 Å². The van der Waals surface area contributed by atoms with E-state index in [9.17, 15) is 4.39 Å². The van der Waals surface area contributed by atoms with E-state index in [0.29, 0.717) is 31.8 Å². The van der Waals surface area contributed by atoms with Crippen molar-refractivity contribution < 1.29 is 13.9 Å². The fraction of sp³-hybridized carbons (Fsp3) is 0.375. The zero-order chi connectivity index (χ0) is 15.5. The summed E-state index contributed by atoms with van der Waals surface area (Å²) < 4.78 is 24.2. The number of nitrogens with zero attached hydrogens (tertiary/aromatic N) is 3. The van der Waals surface area contributed by atoms with Crippen LogP contribution >= 0.6 is 0 Å². The summed E-state index contributed by atoms with van der Waals surface area (Å²) in [4.78, 5) is 6.53. The Hall–Kier alpha value is -2.23. The van der Waals surface area contributed by atoms with E-state index in [0.717, 1.165) is 16.8 Å². The van der Waals surface area contributed by atoms with Crippen molar-refractivity contribution in [2.24, 2.45) is 0 Å². The first kappa shape index (κ1) is 14.7. The Balaban J connectivity index is 2.09. The molecule has 0 radical (unpaired) electrons. The molecule has 0 N–H and O–H groups in total. The van der Waals surface area contributed by atoms with Crippen LogP contribution in [0.5, 0.6) is 0 Å². The number of halogens is 1. The van der Waals surface area contributed by atoms with E-state index in [4.69, 9.17) is 14.7 Å². The van der Waals surface area contributed by atoms with Gasteiger partial charge < -0.3 is 14.4 Å². The Morgan fingerprint density at radius 3 is 3.14 bits per heavy atom. The van der Waals surface area contributed by atoms with Crippen molar-refractivity contribution in [2.75, 3.05) is 31.7 Å². The summed E-state index contributed by atoms with van der Waals surface area (Å²) in [6.45, 7) is 1.96. The third-order valence-electron chi connectivity index (χ3n) is 3.65. The summed E-state index contributed by atoms with van der Waals surface area (Å²) in [5, 5.41) is 9.79. The van der Waals surface area contributed by atoms with Gasteiger partial charge in [-0.15, -0.1) is 0 Å². The molecule has 0 aliphatic carbocycles. The molecule has 1 aromatic carbocycles. The normalized spacial score (nSPS) is 18.4. The summed E-state index contributed by atoms with van der Waals surface area (Å²) >= 11 is 0. The zero-order valence-corrected chi connectivity index (χ0v) is 12.3. The second kappa shape index (κ2) is 6.26. The van der Waals surface area contributed by atoms with Gasteiger partial charge in [0.2, 0.25) is 0 Å². The van der Waals surface area contributed by atoms with Crippen LogP contribution in [0.4, 0.5) is 10.1 Å². The quantitative estimate of drug-likeness (QED) is 0.870. The van der Waals surface area contributed by atoms with Crippen molar-refractivity contribution in [3.8, 4) is 6.07 Å². The molecular weight excluding hydrogens is 285 g/mol. The van der Waals surface area contributed by atoms with Gasteiger partial charge in [-0.3, -0.25) is 4.98 Å². The standard InChI is InChI=1S/C16H16FN3O2/c1-21-10-12-7-16(20-4-5-22-13(8-18)9-20)14-6-11(17)2-3-15(14)19-12/h2-3,6-7,13H,4-5,9-10H2,1H3. The molecule has 2 aromatic rings. The molecule has 114 valence electrons. The smallest absolute Gasteiger partial charge is 0.161 e. The summed E-state index contributed by atoms with van der Waals surface area (Å²) in [6.07, 6.45) is -0.476. The number of fused-ring (bicyclic) bond motifs is 1. The number of ether oxygens (including phenoxy) is 2. The first-order valence-corrected chi connectivity index (χ1v) is 7.05. The molecule has 6 heteroatoms. The highest BCUT2D eigenvalue weighted by Gasteiger charge is 2.22. The SMILES string of the molecule is COCc1cc(N2CCOC(C#N)C2)c2cc(F)ccc2n1. The Kier molecular flexibility index (Phi) is 4.18. The first-order valence-electron chi connectivity index (χ1n) is 7.05. The van der Waals surface area contributed by atoms with Crippen molar-refractivity contribution in [3.63, 3.8) is 0 Å². The van der Waals surface area contributed by atoms with Crippen LogP contribution in [-0.2, 0) is 16.1 Å². The average molecular weight is 301 g/mol. The minimum Gasteiger partial charge on any atom is -0.378 e. The summed E-state index contributed by atoms with van der Waals surface area (Å²) in [5.41, 5.74) is 2.35. The monoisotopic (exact) mass is 301 g/mol. The van der Waals surface area contributed by atoms with Gasteiger partial charge in [-0.2, -0.15) is 5.26 Å². The fourth-order valence-corrected chi connectivity index (χ4v) is 2.66. The molecule has 1 saturated heterocycles. The third-order valence-corrected chi connectivity index (χ3v) is 3.65. The molecule has 1 unspecified atom stereocenters. The van der Waals surface area contributed by atoms with Crippen LogP contribution in [0.3, 0.4) is 0 Å². The second-order valence-electron chi connectivity index (χ2n) is 5.16. The predicted octanol–water partition coefficient (Wildman–Crippen LogP) is 2.25. The van der Waals surface area contributed by atoms with E-state index in [-0.39, 0.29) is 5.82 Å². The highest BCUT2D eigenvalue weighted by atomic mass is 19.1. The lowest BCUT2D eigenvalue weighted by Gasteiger charge is -2.32. The summed E-state index contributed by atoms with van der Waals surface area (Å²) in [7, 11) is 1.61. The Bertz CT molecular complexity index is 729. The maximum Gasteiger partial charge on any atom is 0.161 e. The van der Waals surface area contributed by atoms with Crippen molar-refractivity contribution >= 4 is 16.6 Å². The highest BCUT2D eigenvalue weighted by Crippen LogP contribution is 2.29. The lowest BCUT2D eigenvalue weighted by Crippen LogP contribution is -2.42. The van der Waals surface area contributed by atoms with Crippen LogP contribution in [0, 0.1) is 17.1 Å². The molecule has 1 atom stereocenters. The maximum atomic E-state index is 13.6. The van der Waals surface area contributed by atoms with Gasteiger partial charge in [0.15, 0.2) is 6.10 Å². The third kappa shape index (κ3) is 2.86. The number of nitriles is 1. The van der Waals surface area contributed by atoms with Gasteiger partial charge in [0.05, 0.1) is 37.0 Å². The van der Waals surface area contributed by atoms with Crippen LogP contribution in [-0.4, -0.2) is 37.9 Å². The predicted molar refractivity (Wildman–Crippen MR) is 80.0 cm³/mol. The number of morpholine rings is 1. The fourth-order valence-electron chi connectivity index (χ4n) is 2.66. The molecule has 3 rings (SSSR count). The van der Waals surface area contributed by atoms with E-state index >= 15 is 0 Å². The molecule has 1 aliphatic rings. The van der Waals surface area contributed by atoms with Gasteiger partial charge in [-0.1, -0.05) is 0 Å². The molecular formula is C16H16FN3O2. The van der Waals surface area contributed by atoms with E-state index in [1.54, 1.807) is 13.2 Å². The van der Waals surface area contributed by atoms with E-state index < -0.39 is 6.10 Å². The number of benzene rings is 1.